The second-order valence-electron chi connectivity index (χ2n) is 4.09. The number of ether oxygens (including phenoxy) is 1. The molecule has 1 aromatic rings. The lowest BCUT2D eigenvalue weighted by Crippen LogP contribution is -2.34. The Morgan fingerprint density at radius 2 is 2.25 bits per heavy atom. The van der Waals surface area contributed by atoms with E-state index in [0.717, 1.165) is 25.1 Å². The fraction of sp³-hybridized carbons (Fsp3) is 0.500. The number of nitrogens with one attached hydrogen (secondary N) is 1. The summed E-state index contributed by atoms with van der Waals surface area (Å²) in [6, 6.07) is 6.01. The van der Waals surface area contributed by atoms with Crippen LogP contribution in [0.5, 0.6) is 0 Å². The maximum atomic E-state index is 6.10. The molecule has 0 radical (unpaired) electrons. The summed E-state index contributed by atoms with van der Waals surface area (Å²) in [5.41, 5.74) is 1.07. The van der Waals surface area contributed by atoms with Crippen LogP contribution < -0.4 is 5.32 Å². The predicted molar refractivity (Wildman–Crippen MR) is 67.1 cm³/mol. The summed E-state index contributed by atoms with van der Waals surface area (Å²) in [6.07, 6.45) is 1.35. The summed E-state index contributed by atoms with van der Waals surface area (Å²) < 4.78 is 5.49. The van der Waals surface area contributed by atoms with Gasteiger partial charge >= 0.3 is 0 Å². The molecule has 1 aromatic carbocycles. The first-order chi connectivity index (χ1) is 7.66. The zero-order chi connectivity index (χ0) is 11.5. The van der Waals surface area contributed by atoms with Crippen molar-refractivity contribution < 1.29 is 4.74 Å². The van der Waals surface area contributed by atoms with Crippen molar-refractivity contribution in [1.29, 1.82) is 0 Å². The Morgan fingerprint density at radius 1 is 1.44 bits per heavy atom. The molecule has 0 aromatic heterocycles. The molecule has 0 amide bonds. The van der Waals surface area contributed by atoms with Crippen molar-refractivity contribution in [3.05, 3.63) is 33.8 Å². The van der Waals surface area contributed by atoms with Crippen molar-refractivity contribution in [2.45, 2.75) is 32.0 Å². The smallest absolute Gasteiger partial charge is 0.0700 e. The van der Waals surface area contributed by atoms with Crippen molar-refractivity contribution in [1.82, 2.24) is 5.32 Å². The number of halogens is 2. The van der Waals surface area contributed by atoms with Crippen LogP contribution in [0.1, 0.15) is 18.9 Å². The topological polar surface area (TPSA) is 21.3 Å². The first kappa shape index (κ1) is 12.2. The molecule has 0 spiro atoms. The van der Waals surface area contributed by atoms with Gasteiger partial charge in [-0.25, -0.2) is 0 Å². The van der Waals surface area contributed by atoms with Crippen LogP contribution in [0, 0.1) is 0 Å². The maximum Gasteiger partial charge on any atom is 0.0700 e. The van der Waals surface area contributed by atoms with Gasteiger partial charge in [0.2, 0.25) is 0 Å². The van der Waals surface area contributed by atoms with E-state index in [1.807, 2.05) is 12.1 Å². The van der Waals surface area contributed by atoms with Gasteiger partial charge < -0.3 is 10.1 Å². The Hall–Kier alpha value is -0.280. The minimum absolute atomic E-state index is 0.283. The van der Waals surface area contributed by atoms with Gasteiger partial charge in [0.05, 0.1) is 6.10 Å². The van der Waals surface area contributed by atoms with Gasteiger partial charge in [0.1, 0.15) is 0 Å². The number of hydrogen-bond acceptors (Lipinski definition) is 2. The van der Waals surface area contributed by atoms with Crippen molar-refractivity contribution >= 4 is 23.2 Å². The van der Waals surface area contributed by atoms with E-state index in [4.69, 9.17) is 27.9 Å². The summed E-state index contributed by atoms with van der Waals surface area (Å²) in [7, 11) is 0. The van der Waals surface area contributed by atoms with Crippen LogP contribution in [-0.4, -0.2) is 18.8 Å². The quantitative estimate of drug-likeness (QED) is 0.900. The molecule has 4 heteroatoms. The molecular weight excluding hydrogens is 245 g/mol. The average Bonchev–Trinajstić information content (AvgIpc) is 2.63. The molecule has 2 nitrogen and oxygen atoms in total. The van der Waals surface area contributed by atoms with Crippen molar-refractivity contribution in [2.24, 2.45) is 0 Å². The molecule has 1 fully saturated rings. The Balaban J connectivity index is 1.94. The van der Waals surface area contributed by atoms with Crippen LogP contribution >= 0.6 is 23.2 Å². The average molecular weight is 260 g/mol. The highest BCUT2D eigenvalue weighted by molar-refractivity contribution is 6.35. The molecule has 2 atom stereocenters. The SMILES string of the molecule is CC1OCCC1NCc1ccc(Cl)cc1Cl. The lowest BCUT2D eigenvalue weighted by molar-refractivity contribution is 0.113. The molecule has 16 heavy (non-hydrogen) atoms. The van der Waals surface area contributed by atoms with Crippen molar-refractivity contribution in [2.75, 3.05) is 6.61 Å². The van der Waals surface area contributed by atoms with E-state index in [9.17, 15) is 0 Å². The maximum absolute atomic E-state index is 6.10. The van der Waals surface area contributed by atoms with Gasteiger partial charge in [-0.2, -0.15) is 0 Å². The van der Waals surface area contributed by atoms with Gasteiger partial charge in [-0.05, 0) is 31.0 Å². The predicted octanol–water partition coefficient (Wildman–Crippen LogP) is 3.26. The summed E-state index contributed by atoms with van der Waals surface area (Å²) in [6.45, 7) is 3.69. The molecule has 2 unspecified atom stereocenters. The van der Waals surface area contributed by atoms with Gasteiger partial charge in [-0.15, -0.1) is 0 Å². The van der Waals surface area contributed by atoms with E-state index in [-0.39, 0.29) is 6.10 Å². The Labute approximate surface area is 106 Å². The molecule has 1 saturated heterocycles. The lowest BCUT2D eigenvalue weighted by atomic mass is 10.1. The molecule has 88 valence electrons. The fourth-order valence-corrected chi connectivity index (χ4v) is 2.38. The van der Waals surface area contributed by atoms with E-state index >= 15 is 0 Å². The molecule has 0 bridgehead atoms. The van der Waals surface area contributed by atoms with E-state index in [2.05, 4.69) is 12.2 Å². The first-order valence-corrected chi connectivity index (χ1v) is 6.21. The van der Waals surface area contributed by atoms with Gasteiger partial charge in [0.25, 0.3) is 0 Å². The van der Waals surface area contributed by atoms with Gasteiger partial charge in [0, 0.05) is 29.2 Å². The van der Waals surface area contributed by atoms with E-state index in [0.29, 0.717) is 16.1 Å². The number of rotatable bonds is 3. The normalized spacial score (nSPS) is 24.9. The third-order valence-corrected chi connectivity index (χ3v) is 3.53. The summed E-state index contributed by atoms with van der Waals surface area (Å²) in [5, 5.41) is 4.84. The van der Waals surface area contributed by atoms with Crippen LogP contribution in [0.3, 0.4) is 0 Å². The number of benzene rings is 1. The summed E-state index contributed by atoms with van der Waals surface area (Å²) in [5.74, 6) is 0. The Kier molecular flexibility index (Phi) is 4.09. The standard InChI is InChI=1S/C12H15Cl2NO/c1-8-12(4-5-16-8)15-7-9-2-3-10(13)6-11(9)14/h2-3,6,8,12,15H,4-5,7H2,1H3. The monoisotopic (exact) mass is 259 g/mol. The van der Waals surface area contributed by atoms with Gasteiger partial charge in [-0.1, -0.05) is 29.3 Å². The van der Waals surface area contributed by atoms with Crippen LogP contribution in [0.4, 0.5) is 0 Å². The summed E-state index contributed by atoms with van der Waals surface area (Å²) >= 11 is 11.9. The Bertz CT molecular complexity index is 370. The van der Waals surface area contributed by atoms with E-state index < -0.39 is 0 Å². The molecule has 1 heterocycles. The van der Waals surface area contributed by atoms with Crippen LogP contribution in [0.15, 0.2) is 18.2 Å². The largest absolute Gasteiger partial charge is 0.377 e. The second-order valence-corrected chi connectivity index (χ2v) is 4.93. The molecule has 1 N–H and O–H groups in total. The van der Waals surface area contributed by atoms with Gasteiger partial charge in [0.15, 0.2) is 0 Å². The highest BCUT2D eigenvalue weighted by Gasteiger charge is 2.23. The molecule has 2 rings (SSSR count). The van der Waals surface area contributed by atoms with Crippen LogP contribution in [0.25, 0.3) is 0 Å². The molecule has 0 aliphatic carbocycles. The van der Waals surface area contributed by atoms with Crippen molar-refractivity contribution in [3.8, 4) is 0 Å². The zero-order valence-electron chi connectivity index (χ0n) is 9.17. The molecular formula is C12H15Cl2NO. The Morgan fingerprint density at radius 3 is 2.88 bits per heavy atom. The third-order valence-electron chi connectivity index (χ3n) is 2.95. The minimum atomic E-state index is 0.283. The van der Waals surface area contributed by atoms with Crippen molar-refractivity contribution in [3.63, 3.8) is 0 Å². The highest BCUT2D eigenvalue weighted by atomic mass is 35.5. The third kappa shape index (κ3) is 2.89. The zero-order valence-corrected chi connectivity index (χ0v) is 10.7. The van der Waals surface area contributed by atoms with E-state index in [1.165, 1.54) is 0 Å². The minimum Gasteiger partial charge on any atom is -0.377 e. The first-order valence-electron chi connectivity index (χ1n) is 5.46. The number of hydrogen-bond donors (Lipinski definition) is 1. The second kappa shape index (κ2) is 5.37. The van der Waals surface area contributed by atoms with Crippen LogP contribution in [-0.2, 0) is 11.3 Å². The summed E-state index contributed by atoms with van der Waals surface area (Å²) in [4.78, 5) is 0. The molecule has 1 aliphatic rings. The van der Waals surface area contributed by atoms with E-state index in [1.54, 1.807) is 6.07 Å². The fourth-order valence-electron chi connectivity index (χ4n) is 1.91. The molecule has 0 saturated carbocycles. The van der Waals surface area contributed by atoms with Crippen LogP contribution in [0.2, 0.25) is 10.0 Å². The highest BCUT2D eigenvalue weighted by Crippen LogP contribution is 2.21. The molecule has 1 aliphatic heterocycles. The lowest BCUT2D eigenvalue weighted by Gasteiger charge is -2.16. The van der Waals surface area contributed by atoms with Gasteiger partial charge in [-0.3, -0.25) is 0 Å².